The average molecular weight is 419 g/mol. The summed E-state index contributed by atoms with van der Waals surface area (Å²) in [7, 11) is -2.10. The minimum absolute atomic E-state index is 0.0399. The average Bonchev–Trinajstić information content (AvgIpc) is 3.21. The molecule has 1 aliphatic carbocycles. The minimum atomic E-state index is -3.94. The number of nitrogens with zero attached hydrogens (tertiary/aromatic N) is 1. The molecule has 1 unspecified atom stereocenters. The molecule has 0 saturated carbocycles. The zero-order chi connectivity index (χ0) is 20.1. The quantitative estimate of drug-likeness (QED) is 0.668. The normalized spacial score (nSPS) is 16.4. The van der Waals surface area contributed by atoms with Crippen LogP contribution in [0, 0.1) is 12.7 Å². The number of fused-ring (bicyclic) bond motifs is 1. The molecule has 28 heavy (non-hydrogen) atoms. The van der Waals surface area contributed by atoms with E-state index >= 15 is 0 Å². The molecule has 0 bridgehead atoms. The smallest absolute Gasteiger partial charge is 0.268 e. The minimum Gasteiger partial charge on any atom is -0.313 e. The second-order valence-corrected chi connectivity index (χ2v) is 9.28. The van der Waals surface area contributed by atoms with Crippen LogP contribution >= 0.6 is 11.6 Å². The number of nitrogens with one attached hydrogen (secondary N) is 1. The molecular weight excluding hydrogens is 399 g/mol. The van der Waals surface area contributed by atoms with Gasteiger partial charge in [0, 0.05) is 22.8 Å². The van der Waals surface area contributed by atoms with Crippen molar-refractivity contribution in [1.82, 2.24) is 9.29 Å². The molecule has 0 aliphatic heterocycles. The van der Waals surface area contributed by atoms with E-state index in [0.29, 0.717) is 17.1 Å². The zero-order valence-electron chi connectivity index (χ0n) is 15.5. The molecule has 0 saturated heterocycles. The lowest BCUT2D eigenvalue weighted by atomic mass is 10.0. The van der Waals surface area contributed by atoms with Gasteiger partial charge in [-0.1, -0.05) is 23.7 Å². The summed E-state index contributed by atoms with van der Waals surface area (Å²) < 4.78 is 42.9. The van der Waals surface area contributed by atoms with Crippen LogP contribution in [0.1, 0.15) is 29.2 Å². The first-order valence-corrected chi connectivity index (χ1v) is 10.8. The molecule has 4 nitrogen and oxygen atoms in total. The Balaban J connectivity index is 2.00. The van der Waals surface area contributed by atoms with Gasteiger partial charge in [-0.15, -0.1) is 0 Å². The summed E-state index contributed by atoms with van der Waals surface area (Å²) in [5.74, 6) is -0.434. The van der Waals surface area contributed by atoms with Gasteiger partial charge in [-0.05, 0) is 73.8 Å². The van der Waals surface area contributed by atoms with Crippen LogP contribution in [0.5, 0.6) is 0 Å². The van der Waals surface area contributed by atoms with Crippen molar-refractivity contribution in [2.24, 2.45) is 0 Å². The Bertz CT molecular complexity index is 1170. The summed E-state index contributed by atoms with van der Waals surface area (Å²) in [5, 5.41) is 3.54. The van der Waals surface area contributed by atoms with Gasteiger partial charge in [-0.3, -0.25) is 0 Å². The summed E-state index contributed by atoms with van der Waals surface area (Å²) in [6, 6.07) is 11.0. The van der Waals surface area contributed by atoms with Crippen molar-refractivity contribution in [2.45, 2.75) is 30.7 Å². The van der Waals surface area contributed by atoms with E-state index in [4.69, 9.17) is 11.6 Å². The number of rotatable bonds is 4. The molecular formula is C21H20ClFN2O2S. The van der Waals surface area contributed by atoms with Gasteiger partial charge in [0.15, 0.2) is 0 Å². The van der Waals surface area contributed by atoms with E-state index in [9.17, 15) is 12.8 Å². The maximum Gasteiger partial charge on any atom is 0.268 e. The molecule has 1 N–H and O–H groups in total. The van der Waals surface area contributed by atoms with Crippen molar-refractivity contribution in [1.29, 1.82) is 0 Å². The molecule has 3 aromatic rings. The van der Waals surface area contributed by atoms with Crippen molar-refractivity contribution in [3.63, 3.8) is 0 Å². The lowest BCUT2D eigenvalue weighted by molar-refractivity contribution is 0.578. The highest BCUT2D eigenvalue weighted by Crippen LogP contribution is 2.41. The number of aromatic nitrogens is 1. The van der Waals surface area contributed by atoms with Crippen LogP contribution in [0.2, 0.25) is 5.02 Å². The van der Waals surface area contributed by atoms with Crippen molar-refractivity contribution in [2.75, 3.05) is 7.05 Å². The lowest BCUT2D eigenvalue weighted by Gasteiger charge is -2.14. The molecule has 4 rings (SSSR count). The third-order valence-electron chi connectivity index (χ3n) is 5.25. The topological polar surface area (TPSA) is 51.1 Å². The number of hydrogen-bond acceptors (Lipinski definition) is 3. The van der Waals surface area contributed by atoms with E-state index in [1.165, 1.54) is 22.2 Å². The van der Waals surface area contributed by atoms with Gasteiger partial charge >= 0.3 is 0 Å². The molecule has 1 atom stereocenters. The molecule has 1 heterocycles. The molecule has 1 aliphatic rings. The fourth-order valence-corrected chi connectivity index (χ4v) is 5.58. The first-order valence-electron chi connectivity index (χ1n) is 9.02. The number of aryl methyl sites for hydroxylation is 1. The highest BCUT2D eigenvalue weighted by atomic mass is 35.5. The largest absolute Gasteiger partial charge is 0.313 e. The van der Waals surface area contributed by atoms with E-state index in [-0.39, 0.29) is 16.5 Å². The SMILES string of the molecule is CNC1CCc2c1cn(S(=O)(=O)c1cccc(Cl)c1)c2-c1ccc(C)cc1F. The predicted molar refractivity (Wildman–Crippen MR) is 109 cm³/mol. The highest BCUT2D eigenvalue weighted by molar-refractivity contribution is 7.90. The Hall–Kier alpha value is -2.15. The van der Waals surface area contributed by atoms with E-state index in [1.807, 2.05) is 7.05 Å². The predicted octanol–water partition coefficient (Wildman–Crippen LogP) is 4.70. The third-order valence-corrected chi connectivity index (χ3v) is 7.14. The lowest BCUT2D eigenvalue weighted by Crippen LogP contribution is -2.16. The first-order chi connectivity index (χ1) is 13.3. The fraction of sp³-hybridized carbons (Fsp3) is 0.238. The van der Waals surface area contributed by atoms with Gasteiger partial charge in [0.05, 0.1) is 10.6 Å². The molecule has 146 valence electrons. The Morgan fingerprint density at radius 3 is 2.68 bits per heavy atom. The van der Waals surface area contributed by atoms with Crippen molar-refractivity contribution in [3.05, 3.63) is 76.2 Å². The van der Waals surface area contributed by atoms with Gasteiger partial charge in [0.1, 0.15) is 5.82 Å². The summed E-state index contributed by atoms with van der Waals surface area (Å²) >= 11 is 6.01. The van der Waals surface area contributed by atoms with Crippen molar-refractivity contribution >= 4 is 21.6 Å². The standard InChI is InChI=1S/C21H20ClFN2O2S/c1-13-6-7-17(19(23)10-13)21-16-8-9-20(24-2)18(16)12-25(21)28(26,27)15-5-3-4-14(22)11-15/h3-7,10-12,20,24H,8-9H2,1-2H3. The Labute approximate surface area is 169 Å². The van der Waals surface area contributed by atoms with Crippen LogP contribution in [0.15, 0.2) is 53.6 Å². The van der Waals surface area contributed by atoms with E-state index in [1.54, 1.807) is 37.4 Å². The molecule has 0 amide bonds. The molecule has 0 spiro atoms. The van der Waals surface area contributed by atoms with Crippen LogP contribution < -0.4 is 5.32 Å². The van der Waals surface area contributed by atoms with E-state index in [2.05, 4.69) is 5.32 Å². The second-order valence-electron chi connectivity index (χ2n) is 7.03. The summed E-state index contributed by atoms with van der Waals surface area (Å²) in [5.41, 5.74) is 3.22. The zero-order valence-corrected chi connectivity index (χ0v) is 17.1. The summed E-state index contributed by atoms with van der Waals surface area (Å²) in [6.07, 6.45) is 3.15. The number of hydrogen-bond donors (Lipinski definition) is 1. The van der Waals surface area contributed by atoms with Crippen LogP contribution in [-0.2, 0) is 16.4 Å². The van der Waals surface area contributed by atoms with Crippen LogP contribution in [-0.4, -0.2) is 19.4 Å². The van der Waals surface area contributed by atoms with Gasteiger partial charge in [-0.25, -0.2) is 16.8 Å². The number of benzene rings is 2. The van der Waals surface area contributed by atoms with Crippen LogP contribution in [0.3, 0.4) is 0 Å². The second kappa shape index (κ2) is 7.03. The number of halogens is 2. The maximum absolute atomic E-state index is 14.9. The van der Waals surface area contributed by atoms with Crippen LogP contribution in [0.4, 0.5) is 4.39 Å². The van der Waals surface area contributed by atoms with Gasteiger partial charge in [-0.2, -0.15) is 0 Å². The Kier molecular flexibility index (Phi) is 4.81. The molecule has 2 aromatic carbocycles. The van der Waals surface area contributed by atoms with E-state index in [0.717, 1.165) is 23.1 Å². The summed E-state index contributed by atoms with van der Waals surface area (Å²) in [4.78, 5) is 0.0726. The van der Waals surface area contributed by atoms with Crippen LogP contribution in [0.25, 0.3) is 11.3 Å². The van der Waals surface area contributed by atoms with Gasteiger partial charge in [0.25, 0.3) is 10.0 Å². The van der Waals surface area contributed by atoms with Gasteiger partial charge in [0.2, 0.25) is 0 Å². The monoisotopic (exact) mass is 418 g/mol. The Morgan fingerprint density at radius 2 is 2.00 bits per heavy atom. The summed E-state index contributed by atoms with van der Waals surface area (Å²) in [6.45, 7) is 1.80. The molecule has 0 fully saturated rings. The Morgan fingerprint density at radius 1 is 1.21 bits per heavy atom. The fourth-order valence-electron chi connectivity index (χ4n) is 3.87. The maximum atomic E-state index is 14.9. The first kappa shape index (κ1) is 19.2. The molecule has 7 heteroatoms. The van der Waals surface area contributed by atoms with Gasteiger partial charge < -0.3 is 5.32 Å². The molecule has 0 radical (unpaired) electrons. The molecule has 1 aromatic heterocycles. The third kappa shape index (κ3) is 3.05. The van der Waals surface area contributed by atoms with E-state index < -0.39 is 15.8 Å². The highest BCUT2D eigenvalue weighted by Gasteiger charge is 2.33. The van der Waals surface area contributed by atoms with Crippen molar-refractivity contribution < 1.29 is 12.8 Å². The van der Waals surface area contributed by atoms with Crippen molar-refractivity contribution in [3.8, 4) is 11.3 Å².